The van der Waals surface area contributed by atoms with E-state index in [1.807, 2.05) is 13.8 Å². The lowest BCUT2D eigenvalue weighted by atomic mass is 10.1. The number of nitrogens with zero attached hydrogens (tertiary/aromatic N) is 2. The predicted octanol–water partition coefficient (Wildman–Crippen LogP) is 5.79. The summed E-state index contributed by atoms with van der Waals surface area (Å²) in [4.78, 5) is 28.1. The minimum absolute atomic E-state index is 0.00998. The normalized spacial score (nSPS) is 13.1. The summed E-state index contributed by atoms with van der Waals surface area (Å²) in [5.74, 6) is -0.925. The van der Waals surface area contributed by atoms with Crippen molar-refractivity contribution in [2.75, 3.05) is 17.1 Å². The van der Waals surface area contributed by atoms with E-state index in [9.17, 15) is 18.0 Å². The fraction of sp³-hybridized carbons (Fsp3) is 0.417. The molecule has 0 aliphatic rings. The van der Waals surface area contributed by atoms with Gasteiger partial charge in [-0.2, -0.15) is 0 Å². The molecule has 0 spiro atoms. The van der Waals surface area contributed by atoms with E-state index in [2.05, 4.69) is 5.32 Å². The van der Waals surface area contributed by atoms with Gasteiger partial charge < -0.3 is 10.2 Å². The quantitative estimate of drug-likeness (QED) is 0.356. The van der Waals surface area contributed by atoms with Gasteiger partial charge in [-0.15, -0.1) is 0 Å². The Balaban J connectivity index is 2.50. The topological polar surface area (TPSA) is 86.8 Å². The average Bonchev–Trinajstić information content (AvgIpc) is 2.77. The SMILES string of the molecule is CC[C@H](C)NC(=O)[C@H](CC)N(Cc1ccc(Cl)c(Cl)c1)C(=O)CN(c1cc(Cl)cc(Cl)c1)S(C)(=O)=O. The molecule has 0 saturated carbocycles. The first-order chi connectivity index (χ1) is 16.8. The van der Waals surface area contributed by atoms with Gasteiger partial charge in [0, 0.05) is 22.6 Å². The van der Waals surface area contributed by atoms with Gasteiger partial charge in [-0.25, -0.2) is 8.42 Å². The maximum Gasteiger partial charge on any atom is 0.244 e. The number of hydrogen-bond acceptors (Lipinski definition) is 4. The van der Waals surface area contributed by atoms with Crippen LogP contribution in [-0.2, 0) is 26.2 Å². The highest BCUT2D eigenvalue weighted by atomic mass is 35.5. The van der Waals surface area contributed by atoms with Crippen LogP contribution in [0.25, 0.3) is 0 Å². The van der Waals surface area contributed by atoms with E-state index >= 15 is 0 Å². The smallest absolute Gasteiger partial charge is 0.244 e. The second-order valence-electron chi connectivity index (χ2n) is 8.41. The number of carbonyl (C=O) groups excluding carboxylic acids is 2. The molecule has 12 heteroatoms. The second-order valence-corrected chi connectivity index (χ2v) is 12.0. The van der Waals surface area contributed by atoms with Crippen LogP contribution in [0.5, 0.6) is 0 Å². The fourth-order valence-corrected chi connectivity index (χ4v) is 5.16. The fourth-order valence-electron chi connectivity index (χ4n) is 3.49. The zero-order valence-corrected chi connectivity index (χ0v) is 24.2. The van der Waals surface area contributed by atoms with Crippen LogP contribution in [0.1, 0.15) is 39.2 Å². The van der Waals surface area contributed by atoms with E-state index in [0.717, 1.165) is 10.6 Å². The van der Waals surface area contributed by atoms with Crippen LogP contribution in [0.4, 0.5) is 5.69 Å². The molecule has 0 aliphatic carbocycles. The number of sulfonamides is 1. The molecule has 2 atom stereocenters. The van der Waals surface area contributed by atoms with Crippen molar-refractivity contribution < 1.29 is 18.0 Å². The molecular weight excluding hydrogens is 568 g/mol. The van der Waals surface area contributed by atoms with Crippen molar-refractivity contribution in [3.05, 3.63) is 62.1 Å². The van der Waals surface area contributed by atoms with E-state index < -0.39 is 28.5 Å². The minimum atomic E-state index is -3.91. The molecule has 36 heavy (non-hydrogen) atoms. The highest BCUT2D eigenvalue weighted by Crippen LogP contribution is 2.28. The van der Waals surface area contributed by atoms with Crippen molar-refractivity contribution in [1.29, 1.82) is 0 Å². The molecule has 1 N–H and O–H groups in total. The van der Waals surface area contributed by atoms with Gasteiger partial charge in [0.25, 0.3) is 0 Å². The van der Waals surface area contributed by atoms with Crippen LogP contribution >= 0.6 is 46.4 Å². The molecule has 0 radical (unpaired) electrons. The molecule has 2 aromatic carbocycles. The molecule has 0 saturated heterocycles. The average molecular weight is 597 g/mol. The number of anilines is 1. The summed E-state index contributed by atoms with van der Waals surface area (Å²) in [7, 11) is -3.91. The van der Waals surface area contributed by atoms with E-state index in [0.29, 0.717) is 28.5 Å². The monoisotopic (exact) mass is 595 g/mol. The maximum absolute atomic E-state index is 13.7. The van der Waals surface area contributed by atoms with Crippen LogP contribution in [0.2, 0.25) is 20.1 Å². The molecule has 0 heterocycles. The van der Waals surface area contributed by atoms with Crippen LogP contribution < -0.4 is 9.62 Å². The lowest BCUT2D eigenvalue weighted by Crippen LogP contribution is -2.53. The molecule has 0 bridgehead atoms. The summed E-state index contributed by atoms with van der Waals surface area (Å²) < 4.78 is 26.2. The van der Waals surface area contributed by atoms with Crippen LogP contribution in [0.15, 0.2) is 36.4 Å². The van der Waals surface area contributed by atoms with Crippen molar-refractivity contribution >= 4 is 73.9 Å². The molecular formula is C24H29Cl4N3O4S. The zero-order valence-electron chi connectivity index (χ0n) is 20.4. The largest absolute Gasteiger partial charge is 0.352 e. The third kappa shape index (κ3) is 8.42. The van der Waals surface area contributed by atoms with Crippen molar-refractivity contribution in [3.8, 4) is 0 Å². The summed E-state index contributed by atoms with van der Waals surface area (Å²) in [6, 6.07) is 8.19. The first-order valence-electron chi connectivity index (χ1n) is 11.2. The lowest BCUT2D eigenvalue weighted by molar-refractivity contribution is -0.140. The van der Waals surface area contributed by atoms with Crippen molar-refractivity contribution in [2.24, 2.45) is 0 Å². The molecule has 0 fully saturated rings. The van der Waals surface area contributed by atoms with E-state index in [1.54, 1.807) is 25.1 Å². The third-order valence-electron chi connectivity index (χ3n) is 5.54. The Morgan fingerprint density at radius 2 is 1.56 bits per heavy atom. The number of hydrogen-bond donors (Lipinski definition) is 1. The second kappa shape index (κ2) is 13.2. The van der Waals surface area contributed by atoms with Crippen molar-refractivity contribution in [3.63, 3.8) is 0 Å². The summed E-state index contributed by atoms with van der Waals surface area (Å²) in [6.07, 6.45) is 1.99. The van der Waals surface area contributed by atoms with Crippen molar-refractivity contribution in [2.45, 2.75) is 52.2 Å². The van der Waals surface area contributed by atoms with Crippen LogP contribution in [-0.4, -0.2) is 50.0 Å². The minimum Gasteiger partial charge on any atom is -0.352 e. The van der Waals surface area contributed by atoms with Gasteiger partial charge in [-0.3, -0.25) is 13.9 Å². The zero-order chi connectivity index (χ0) is 27.2. The van der Waals surface area contributed by atoms with E-state index in [4.69, 9.17) is 46.4 Å². The van der Waals surface area contributed by atoms with Gasteiger partial charge in [0.2, 0.25) is 21.8 Å². The van der Waals surface area contributed by atoms with Gasteiger partial charge in [-0.1, -0.05) is 66.3 Å². The Bertz CT molecular complexity index is 1190. The van der Waals surface area contributed by atoms with Gasteiger partial charge in [-0.05, 0) is 55.7 Å². The Labute approximate surface area is 232 Å². The molecule has 2 amide bonds. The predicted molar refractivity (Wildman–Crippen MR) is 148 cm³/mol. The van der Waals surface area contributed by atoms with Gasteiger partial charge in [0.15, 0.2) is 0 Å². The number of amides is 2. The summed E-state index contributed by atoms with van der Waals surface area (Å²) in [5, 5.41) is 3.98. The standard InChI is InChI=1S/C24H29Cl4N3O4S/c1-5-15(3)29-24(33)22(6-2)30(13-16-7-8-20(27)21(28)9-16)23(32)14-31(36(4,34)35)19-11-17(25)10-18(26)12-19/h7-12,15,22H,5-6,13-14H2,1-4H3,(H,29,33)/t15-,22-/m0/s1. The number of benzene rings is 2. The lowest BCUT2D eigenvalue weighted by Gasteiger charge is -2.33. The highest BCUT2D eigenvalue weighted by molar-refractivity contribution is 7.92. The Morgan fingerprint density at radius 3 is 2.06 bits per heavy atom. The Kier molecular flexibility index (Phi) is 11.2. The third-order valence-corrected chi connectivity index (χ3v) is 7.85. The Morgan fingerprint density at radius 1 is 0.944 bits per heavy atom. The molecule has 2 rings (SSSR count). The van der Waals surface area contributed by atoms with Gasteiger partial charge in [0.05, 0.1) is 22.0 Å². The summed E-state index contributed by atoms with van der Waals surface area (Å²) >= 11 is 24.4. The Hall–Kier alpha value is -1.71. The van der Waals surface area contributed by atoms with Crippen LogP contribution in [0.3, 0.4) is 0 Å². The highest BCUT2D eigenvalue weighted by Gasteiger charge is 2.32. The van der Waals surface area contributed by atoms with E-state index in [1.165, 1.54) is 23.1 Å². The molecule has 7 nitrogen and oxygen atoms in total. The van der Waals surface area contributed by atoms with Gasteiger partial charge in [0.1, 0.15) is 12.6 Å². The number of rotatable bonds is 11. The summed E-state index contributed by atoms with van der Waals surface area (Å²) in [5.41, 5.74) is 0.763. The number of carbonyl (C=O) groups is 2. The van der Waals surface area contributed by atoms with Crippen LogP contribution in [0, 0.1) is 0 Å². The van der Waals surface area contributed by atoms with E-state index in [-0.39, 0.29) is 34.2 Å². The van der Waals surface area contributed by atoms with Crippen molar-refractivity contribution in [1.82, 2.24) is 10.2 Å². The first kappa shape index (κ1) is 30.5. The molecule has 2 aromatic rings. The molecule has 198 valence electrons. The molecule has 0 unspecified atom stereocenters. The number of nitrogens with one attached hydrogen (secondary N) is 1. The molecule has 0 aromatic heterocycles. The van der Waals surface area contributed by atoms with Gasteiger partial charge >= 0.3 is 0 Å². The molecule has 0 aliphatic heterocycles. The first-order valence-corrected chi connectivity index (χ1v) is 14.6. The number of halogens is 4. The summed E-state index contributed by atoms with van der Waals surface area (Å²) in [6.45, 7) is 5.02. The maximum atomic E-state index is 13.7.